The van der Waals surface area contributed by atoms with E-state index in [2.05, 4.69) is 5.32 Å². The van der Waals surface area contributed by atoms with Crippen molar-refractivity contribution in [2.45, 2.75) is 39.7 Å². The van der Waals surface area contributed by atoms with Gasteiger partial charge in [-0.25, -0.2) is 0 Å². The Balaban J connectivity index is 2.46. The molecule has 0 saturated carbocycles. The fraction of sp³-hybridized carbons (Fsp3) is 0.533. The highest BCUT2D eigenvalue weighted by Crippen LogP contribution is 2.26. The molecular weight excluding hydrogens is 297 g/mol. The van der Waals surface area contributed by atoms with Gasteiger partial charge >= 0.3 is 0 Å². The molecule has 0 saturated heterocycles. The van der Waals surface area contributed by atoms with Crippen molar-refractivity contribution < 1.29 is 9.53 Å². The van der Waals surface area contributed by atoms with Crippen LogP contribution in [0.4, 0.5) is 0 Å². The van der Waals surface area contributed by atoms with E-state index in [1.165, 1.54) is 0 Å². The normalized spacial score (nSPS) is 12.1. The molecule has 0 aliphatic carbocycles. The van der Waals surface area contributed by atoms with E-state index >= 15 is 0 Å². The minimum Gasteiger partial charge on any atom is -0.489 e. The highest BCUT2D eigenvalue weighted by Gasteiger charge is 2.09. The maximum Gasteiger partial charge on any atom is 0.220 e. The van der Waals surface area contributed by atoms with Crippen molar-refractivity contribution in [1.29, 1.82) is 0 Å². The molecular formula is C15H21Cl2NO2. The molecule has 20 heavy (non-hydrogen) atoms. The summed E-state index contributed by atoms with van der Waals surface area (Å²) in [6.45, 7) is 6.28. The Morgan fingerprint density at radius 3 is 2.50 bits per heavy atom. The quantitative estimate of drug-likeness (QED) is 0.775. The molecule has 0 fully saturated rings. The summed E-state index contributed by atoms with van der Waals surface area (Å²) in [6.07, 6.45) is 1.04. The zero-order valence-electron chi connectivity index (χ0n) is 12.1. The van der Waals surface area contributed by atoms with Crippen molar-refractivity contribution in [2.75, 3.05) is 12.4 Å². The fourth-order valence-corrected chi connectivity index (χ4v) is 2.06. The van der Waals surface area contributed by atoms with Gasteiger partial charge in [-0.15, -0.1) is 11.6 Å². The predicted molar refractivity (Wildman–Crippen MR) is 84.0 cm³/mol. The van der Waals surface area contributed by atoms with Gasteiger partial charge in [0.15, 0.2) is 0 Å². The molecule has 3 nitrogen and oxygen atoms in total. The van der Waals surface area contributed by atoms with Gasteiger partial charge in [-0.05, 0) is 50.5 Å². The van der Waals surface area contributed by atoms with Crippen molar-refractivity contribution in [2.24, 2.45) is 0 Å². The largest absolute Gasteiger partial charge is 0.489 e. The second-order valence-corrected chi connectivity index (χ2v) is 5.65. The summed E-state index contributed by atoms with van der Waals surface area (Å²) in [7, 11) is 0. The van der Waals surface area contributed by atoms with Gasteiger partial charge in [0.2, 0.25) is 5.91 Å². The van der Waals surface area contributed by atoms with E-state index in [-0.39, 0.29) is 12.0 Å². The van der Waals surface area contributed by atoms with Crippen LogP contribution in [0, 0.1) is 13.8 Å². The lowest BCUT2D eigenvalue weighted by Gasteiger charge is -2.17. The first-order valence-corrected chi connectivity index (χ1v) is 7.61. The Kier molecular flexibility index (Phi) is 7.17. The van der Waals surface area contributed by atoms with E-state index in [1.807, 2.05) is 32.9 Å². The molecule has 1 aromatic carbocycles. The number of halogens is 2. The minimum atomic E-state index is -0.102. The summed E-state index contributed by atoms with van der Waals surface area (Å²) in [5.74, 6) is 1.28. The van der Waals surface area contributed by atoms with E-state index in [0.29, 0.717) is 25.3 Å². The van der Waals surface area contributed by atoms with Gasteiger partial charge in [-0.3, -0.25) is 4.79 Å². The van der Waals surface area contributed by atoms with Gasteiger partial charge in [-0.2, -0.15) is 0 Å². The molecule has 0 radical (unpaired) electrons. The van der Waals surface area contributed by atoms with Gasteiger partial charge in [0.25, 0.3) is 0 Å². The van der Waals surface area contributed by atoms with E-state index < -0.39 is 0 Å². The number of carbonyl (C=O) groups is 1. The van der Waals surface area contributed by atoms with Crippen LogP contribution in [0.15, 0.2) is 12.1 Å². The first-order chi connectivity index (χ1) is 9.43. The lowest BCUT2D eigenvalue weighted by molar-refractivity contribution is -0.121. The maximum absolute atomic E-state index is 11.5. The van der Waals surface area contributed by atoms with Gasteiger partial charge < -0.3 is 10.1 Å². The van der Waals surface area contributed by atoms with E-state index in [1.54, 1.807) is 0 Å². The third-order valence-corrected chi connectivity index (χ3v) is 3.73. The van der Waals surface area contributed by atoms with Gasteiger partial charge in [0.1, 0.15) is 11.9 Å². The fourth-order valence-electron chi connectivity index (χ4n) is 1.82. The lowest BCUT2D eigenvalue weighted by Crippen LogP contribution is -2.33. The Morgan fingerprint density at radius 2 is 1.95 bits per heavy atom. The molecule has 1 aromatic rings. The summed E-state index contributed by atoms with van der Waals surface area (Å²) in [5, 5.41) is 3.59. The van der Waals surface area contributed by atoms with Crippen LogP contribution in [0.1, 0.15) is 30.9 Å². The van der Waals surface area contributed by atoms with Crippen molar-refractivity contribution >= 4 is 29.1 Å². The number of benzene rings is 1. The number of aryl methyl sites for hydroxylation is 2. The Bertz CT molecular complexity index is 440. The molecule has 1 atom stereocenters. The molecule has 1 amide bonds. The number of nitrogens with one attached hydrogen (secondary N) is 1. The Labute approximate surface area is 130 Å². The molecule has 5 heteroatoms. The molecule has 0 heterocycles. The van der Waals surface area contributed by atoms with E-state index in [0.717, 1.165) is 21.9 Å². The van der Waals surface area contributed by atoms with Gasteiger partial charge in [0, 0.05) is 17.3 Å². The number of hydrogen-bond donors (Lipinski definition) is 1. The number of alkyl halides is 1. The number of ether oxygens (including phenoxy) is 1. The van der Waals surface area contributed by atoms with Crippen molar-refractivity contribution in [1.82, 2.24) is 5.32 Å². The minimum absolute atomic E-state index is 0.00423. The van der Waals surface area contributed by atoms with Crippen LogP contribution in [0.25, 0.3) is 0 Å². The number of carbonyl (C=O) groups excluding carboxylic acids is 1. The third kappa shape index (κ3) is 5.59. The SMILES string of the molecule is Cc1cc(OC(C)CNC(=O)CCCCl)cc(C)c1Cl. The second-order valence-electron chi connectivity index (χ2n) is 4.90. The topological polar surface area (TPSA) is 38.3 Å². The molecule has 1 rings (SSSR count). The predicted octanol–water partition coefficient (Wildman–Crippen LogP) is 3.86. The maximum atomic E-state index is 11.5. The second kappa shape index (κ2) is 8.38. The Hall–Kier alpha value is -0.930. The first kappa shape index (κ1) is 17.1. The van der Waals surface area contributed by atoms with Crippen LogP contribution < -0.4 is 10.1 Å². The molecule has 0 spiro atoms. The summed E-state index contributed by atoms with van der Waals surface area (Å²) in [5.41, 5.74) is 1.97. The molecule has 1 N–H and O–H groups in total. The number of rotatable bonds is 7. The Morgan fingerprint density at radius 1 is 1.35 bits per heavy atom. The first-order valence-electron chi connectivity index (χ1n) is 6.70. The van der Waals surface area contributed by atoms with Crippen LogP contribution >= 0.6 is 23.2 Å². The van der Waals surface area contributed by atoms with Gasteiger partial charge in [-0.1, -0.05) is 11.6 Å². The van der Waals surface area contributed by atoms with E-state index in [9.17, 15) is 4.79 Å². The standard InChI is InChI=1S/C15H21Cl2NO2/c1-10-7-13(8-11(2)15(10)17)20-12(3)9-18-14(19)5-4-6-16/h7-8,12H,4-6,9H2,1-3H3,(H,18,19). The monoisotopic (exact) mass is 317 g/mol. The smallest absolute Gasteiger partial charge is 0.220 e. The average Bonchev–Trinajstić information content (AvgIpc) is 2.40. The highest BCUT2D eigenvalue weighted by atomic mass is 35.5. The zero-order valence-corrected chi connectivity index (χ0v) is 13.6. The van der Waals surface area contributed by atoms with Gasteiger partial charge in [0.05, 0.1) is 6.54 Å². The molecule has 0 aromatic heterocycles. The van der Waals surface area contributed by atoms with E-state index in [4.69, 9.17) is 27.9 Å². The third-order valence-electron chi connectivity index (χ3n) is 2.87. The lowest BCUT2D eigenvalue weighted by atomic mass is 10.1. The van der Waals surface area contributed by atoms with Crippen LogP contribution in [0.3, 0.4) is 0 Å². The van der Waals surface area contributed by atoms with Crippen LogP contribution in [0.5, 0.6) is 5.75 Å². The summed E-state index contributed by atoms with van der Waals surface area (Å²) in [6, 6.07) is 3.81. The highest BCUT2D eigenvalue weighted by molar-refractivity contribution is 6.32. The number of amides is 1. The zero-order chi connectivity index (χ0) is 15.1. The van der Waals surface area contributed by atoms with Crippen molar-refractivity contribution in [3.05, 3.63) is 28.3 Å². The summed E-state index contributed by atoms with van der Waals surface area (Å²) < 4.78 is 5.79. The molecule has 0 bridgehead atoms. The number of hydrogen-bond acceptors (Lipinski definition) is 2. The summed E-state index contributed by atoms with van der Waals surface area (Å²) >= 11 is 11.7. The van der Waals surface area contributed by atoms with Crippen molar-refractivity contribution in [3.8, 4) is 5.75 Å². The van der Waals surface area contributed by atoms with Crippen LogP contribution in [-0.4, -0.2) is 24.4 Å². The summed E-state index contributed by atoms with van der Waals surface area (Å²) in [4.78, 5) is 11.5. The molecule has 112 valence electrons. The average molecular weight is 318 g/mol. The van der Waals surface area contributed by atoms with Crippen molar-refractivity contribution in [3.63, 3.8) is 0 Å². The van der Waals surface area contributed by atoms with Crippen LogP contribution in [-0.2, 0) is 4.79 Å². The molecule has 0 aliphatic heterocycles. The molecule has 0 aliphatic rings. The van der Waals surface area contributed by atoms with Crippen LogP contribution in [0.2, 0.25) is 5.02 Å². The molecule has 1 unspecified atom stereocenters.